The first-order valence-corrected chi connectivity index (χ1v) is 17.0. The Morgan fingerprint density at radius 1 is 0.786 bits per heavy atom. The van der Waals surface area contributed by atoms with E-state index in [1.54, 1.807) is 6.07 Å². The van der Waals surface area contributed by atoms with E-state index in [-0.39, 0.29) is 0 Å². The molecule has 0 aromatic heterocycles. The summed E-state index contributed by atoms with van der Waals surface area (Å²) in [4.78, 5) is 0.457. The standard InChI is InChI=1S/C22H20O.C11H14O2S.C2H7N.C2H6/c1-14-13-20(15(2)18-9-6-5-8-17(14)18)22-19-10-4-3-7-16(19)11-12-21(22)23;1-14(12,13)11-7-6-9-4-2-3-5-10(9)8-11;1-3-2;1-2/h4-6,8-13,23H,3,7H2,1-2H3;6-8H,2-5H2,1H3;3H,1-2H3;1-2H3. The van der Waals surface area contributed by atoms with Crippen LogP contribution in [0.15, 0.2) is 71.6 Å². The van der Waals surface area contributed by atoms with Gasteiger partial charge in [0.1, 0.15) is 5.75 Å². The minimum Gasteiger partial charge on any atom is -0.507 e. The first kappa shape index (κ1) is 33.1. The van der Waals surface area contributed by atoms with E-state index in [4.69, 9.17) is 0 Å². The number of benzene rings is 4. The molecule has 2 aliphatic rings. The van der Waals surface area contributed by atoms with Gasteiger partial charge in [-0.05, 0) is 134 Å². The molecule has 0 amide bonds. The van der Waals surface area contributed by atoms with Crippen LogP contribution in [0.2, 0.25) is 0 Å². The lowest BCUT2D eigenvalue weighted by molar-refractivity contribution is 0.477. The number of allylic oxidation sites excluding steroid dienone is 1. The molecule has 0 saturated heterocycles. The van der Waals surface area contributed by atoms with Crippen LogP contribution in [0.3, 0.4) is 0 Å². The van der Waals surface area contributed by atoms with Crippen molar-refractivity contribution in [3.05, 3.63) is 100 Å². The Kier molecular flexibility index (Phi) is 12.0. The van der Waals surface area contributed by atoms with Gasteiger partial charge in [0.2, 0.25) is 0 Å². The third-order valence-electron chi connectivity index (χ3n) is 7.72. The van der Waals surface area contributed by atoms with Gasteiger partial charge in [-0.1, -0.05) is 68.5 Å². The van der Waals surface area contributed by atoms with E-state index < -0.39 is 9.84 Å². The largest absolute Gasteiger partial charge is 0.507 e. The van der Waals surface area contributed by atoms with Gasteiger partial charge in [0.05, 0.1) is 4.90 Å². The van der Waals surface area contributed by atoms with Gasteiger partial charge in [0.15, 0.2) is 9.84 Å². The van der Waals surface area contributed by atoms with E-state index in [0.29, 0.717) is 10.6 Å². The molecule has 224 valence electrons. The minimum atomic E-state index is -3.04. The van der Waals surface area contributed by atoms with Crippen LogP contribution in [0.1, 0.15) is 66.5 Å². The molecule has 0 fully saturated rings. The van der Waals surface area contributed by atoms with Crippen LogP contribution in [0.4, 0.5) is 0 Å². The summed E-state index contributed by atoms with van der Waals surface area (Å²) >= 11 is 0. The molecule has 0 bridgehead atoms. The van der Waals surface area contributed by atoms with Crippen LogP contribution < -0.4 is 5.32 Å². The third kappa shape index (κ3) is 7.70. The summed E-state index contributed by atoms with van der Waals surface area (Å²) in [5.74, 6) is 0.369. The second kappa shape index (κ2) is 15.2. The van der Waals surface area contributed by atoms with Gasteiger partial charge in [-0.25, -0.2) is 8.42 Å². The molecule has 0 spiro atoms. The number of rotatable bonds is 2. The van der Waals surface area contributed by atoms with Gasteiger partial charge in [0.25, 0.3) is 0 Å². The van der Waals surface area contributed by atoms with Gasteiger partial charge in [0, 0.05) is 11.8 Å². The summed E-state index contributed by atoms with van der Waals surface area (Å²) in [5.41, 5.74) is 9.64. The van der Waals surface area contributed by atoms with E-state index in [1.807, 2.05) is 46.1 Å². The van der Waals surface area contributed by atoms with Gasteiger partial charge < -0.3 is 10.4 Å². The summed E-state index contributed by atoms with van der Waals surface area (Å²) in [7, 11) is 0.714. The second-order valence-corrected chi connectivity index (χ2v) is 12.8. The zero-order chi connectivity index (χ0) is 30.9. The highest BCUT2D eigenvalue weighted by Gasteiger charge is 2.18. The number of hydrogen-bond donors (Lipinski definition) is 2. The molecule has 2 N–H and O–H groups in total. The fourth-order valence-corrected chi connectivity index (χ4v) is 6.36. The number of phenols is 1. The van der Waals surface area contributed by atoms with Crippen molar-refractivity contribution in [1.29, 1.82) is 0 Å². The van der Waals surface area contributed by atoms with Crippen molar-refractivity contribution in [3.8, 4) is 16.9 Å². The molecule has 5 heteroatoms. The predicted molar refractivity (Wildman–Crippen MR) is 180 cm³/mol. The lowest BCUT2D eigenvalue weighted by Gasteiger charge is -2.20. The third-order valence-corrected chi connectivity index (χ3v) is 8.83. The maximum atomic E-state index is 11.3. The number of nitrogens with one attached hydrogen (secondary N) is 1. The van der Waals surface area contributed by atoms with Crippen molar-refractivity contribution < 1.29 is 13.5 Å². The van der Waals surface area contributed by atoms with Crippen molar-refractivity contribution in [2.75, 3.05) is 20.4 Å². The molecular weight excluding hydrogens is 538 g/mol. The second-order valence-electron chi connectivity index (χ2n) is 10.8. The maximum absolute atomic E-state index is 11.3. The highest BCUT2D eigenvalue weighted by molar-refractivity contribution is 7.90. The average molecular weight is 586 g/mol. The van der Waals surface area contributed by atoms with Crippen LogP contribution in [-0.4, -0.2) is 33.9 Å². The number of aromatic hydroxyl groups is 1. The van der Waals surface area contributed by atoms with E-state index >= 15 is 0 Å². The number of hydrogen-bond acceptors (Lipinski definition) is 4. The normalized spacial score (nSPS) is 13.3. The Hall–Kier alpha value is -3.41. The summed E-state index contributed by atoms with van der Waals surface area (Å²) in [6.45, 7) is 8.30. The van der Waals surface area contributed by atoms with Crippen LogP contribution in [-0.2, 0) is 29.1 Å². The molecule has 0 unspecified atom stereocenters. The molecule has 6 rings (SSSR count). The zero-order valence-corrected chi connectivity index (χ0v) is 27.2. The summed E-state index contributed by atoms with van der Waals surface area (Å²) in [6, 6.07) is 20.1. The fourth-order valence-electron chi connectivity index (χ4n) is 5.68. The van der Waals surface area contributed by atoms with Crippen molar-refractivity contribution in [2.45, 2.75) is 71.1 Å². The van der Waals surface area contributed by atoms with Gasteiger partial charge in [-0.3, -0.25) is 0 Å². The highest BCUT2D eigenvalue weighted by atomic mass is 32.2. The van der Waals surface area contributed by atoms with Crippen LogP contribution in [0.5, 0.6) is 5.75 Å². The topological polar surface area (TPSA) is 66.4 Å². The zero-order valence-electron chi connectivity index (χ0n) is 26.3. The Morgan fingerprint density at radius 2 is 1.40 bits per heavy atom. The monoisotopic (exact) mass is 585 g/mol. The Labute approximate surface area is 253 Å². The summed E-state index contributed by atoms with van der Waals surface area (Å²) < 4.78 is 22.6. The molecule has 0 atom stereocenters. The van der Waals surface area contributed by atoms with E-state index in [2.05, 4.69) is 67.7 Å². The SMILES string of the molecule is CC.CNC.CS(=O)(=O)c1ccc2c(c1)CCCC2.Cc1cc(-c2c(O)ccc3c2C=CCC3)c(C)c2ccccc12. The lowest BCUT2D eigenvalue weighted by Crippen LogP contribution is -2.05. The van der Waals surface area contributed by atoms with Crippen molar-refractivity contribution in [1.82, 2.24) is 5.32 Å². The fraction of sp³-hybridized carbons (Fsp3) is 0.351. The smallest absolute Gasteiger partial charge is 0.175 e. The average Bonchev–Trinajstić information content (AvgIpc) is 3.00. The van der Waals surface area contributed by atoms with Crippen LogP contribution in [0, 0.1) is 13.8 Å². The molecule has 42 heavy (non-hydrogen) atoms. The van der Waals surface area contributed by atoms with E-state index in [0.717, 1.165) is 36.8 Å². The van der Waals surface area contributed by atoms with Crippen molar-refractivity contribution >= 4 is 26.7 Å². The molecule has 0 heterocycles. The van der Waals surface area contributed by atoms with E-state index in [1.165, 1.54) is 63.3 Å². The van der Waals surface area contributed by atoms with Crippen molar-refractivity contribution in [2.24, 2.45) is 0 Å². The molecule has 0 radical (unpaired) electrons. The van der Waals surface area contributed by atoms with Gasteiger partial charge in [-0.2, -0.15) is 0 Å². The molecule has 0 aliphatic heterocycles. The summed E-state index contributed by atoms with van der Waals surface area (Å²) in [5, 5.41) is 15.9. The lowest BCUT2D eigenvalue weighted by atomic mass is 9.85. The molecule has 4 nitrogen and oxygen atoms in total. The molecule has 4 aromatic rings. The Morgan fingerprint density at radius 3 is 2.07 bits per heavy atom. The maximum Gasteiger partial charge on any atom is 0.175 e. The molecule has 2 aliphatic carbocycles. The summed E-state index contributed by atoms with van der Waals surface area (Å²) in [6.07, 6.45) is 12.3. The quantitative estimate of drug-likeness (QED) is 0.247. The van der Waals surface area contributed by atoms with Crippen molar-refractivity contribution in [3.63, 3.8) is 0 Å². The number of fused-ring (bicyclic) bond motifs is 3. The molecule has 0 saturated carbocycles. The predicted octanol–water partition coefficient (Wildman–Crippen LogP) is 8.62. The van der Waals surface area contributed by atoms with E-state index in [9.17, 15) is 13.5 Å². The first-order valence-electron chi connectivity index (χ1n) is 15.1. The number of aryl methyl sites for hydroxylation is 5. The number of sulfone groups is 1. The van der Waals surface area contributed by atoms with Gasteiger partial charge >= 0.3 is 0 Å². The van der Waals surface area contributed by atoms with Gasteiger partial charge in [-0.15, -0.1) is 0 Å². The molecule has 4 aromatic carbocycles. The van der Waals surface area contributed by atoms with Crippen LogP contribution in [0.25, 0.3) is 28.0 Å². The highest BCUT2D eigenvalue weighted by Crippen LogP contribution is 2.41. The van der Waals surface area contributed by atoms with Crippen LogP contribution >= 0.6 is 0 Å². The Bertz CT molecular complexity index is 1650. The Balaban J connectivity index is 0.000000218. The minimum absolute atomic E-state index is 0.369. The molecular formula is C37H47NO3S. The number of phenolic OH excluding ortho intramolecular Hbond substituents is 1. The first-order chi connectivity index (χ1) is 20.2.